The average Bonchev–Trinajstić information content (AvgIpc) is 2.23. The van der Waals surface area contributed by atoms with Gasteiger partial charge in [-0.3, -0.25) is 4.79 Å². The van der Waals surface area contributed by atoms with Gasteiger partial charge in [-0.1, -0.05) is 6.92 Å². The van der Waals surface area contributed by atoms with E-state index in [4.69, 9.17) is 0 Å². The van der Waals surface area contributed by atoms with E-state index in [0.717, 1.165) is 29.0 Å². The zero-order valence-electron chi connectivity index (χ0n) is 9.51. The molecule has 0 aliphatic heterocycles. The number of anilines is 1. The summed E-state index contributed by atoms with van der Waals surface area (Å²) in [6.07, 6.45) is 1.02. The van der Waals surface area contributed by atoms with Gasteiger partial charge in [0.25, 0.3) is 0 Å². The molecule has 0 aliphatic carbocycles. The molecule has 0 spiro atoms. The van der Waals surface area contributed by atoms with E-state index >= 15 is 0 Å². The van der Waals surface area contributed by atoms with Crippen LogP contribution in [0.25, 0.3) is 0 Å². The highest BCUT2D eigenvalue weighted by molar-refractivity contribution is 9.10. The second-order valence-corrected chi connectivity index (χ2v) is 4.30. The molecule has 4 nitrogen and oxygen atoms in total. The molecular weight excluding hydrogens is 270 g/mol. The number of nitrogens with zero attached hydrogens (tertiary/aromatic N) is 1. The van der Waals surface area contributed by atoms with Gasteiger partial charge >= 0.3 is 0 Å². The van der Waals surface area contributed by atoms with Crippen molar-refractivity contribution in [3.05, 3.63) is 22.4 Å². The van der Waals surface area contributed by atoms with Gasteiger partial charge in [-0.05, 0) is 48.0 Å². The molecule has 0 atom stereocenters. The predicted molar refractivity (Wildman–Crippen MR) is 68.5 cm³/mol. The third kappa shape index (κ3) is 4.28. The molecule has 1 aromatic rings. The molecule has 0 unspecified atom stereocenters. The molecule has 0 radical (unpaired) electrons. The molecule has 0 saturated heterocycles. The highest BCUT2D eigenvalue weighted by atomic mass is 79.9. The van der Waals surface area contributed by atoms with Gasteiger partial charge in [-0.25, -0.2) is 4.98 Å². The lowest BCUT2D eigenvalue weighted by molar-refractivity contribution is -0.115. The Morgan fingerprint density at radius 2 is 2.25 bits per heavy atom. The van der Waals surface area contributed by atoms with Gasteiger partial charge in [0.2, 0.25) is 5.91 Å². The number of carbonyl (C=O) groups excluding carboxylic acids is 1. The summed E-state index contributed by atoms with van der Waals surface area (Å²) in [5.41, 5.74) is 1.56. The topological polar surface area (TPSA) is 54.0 Å². The average molecular weight is 286 g/mol. The summed E-state index contributed by atoms with van der Waals surface area (Å²) in [4.78, 5) is 15.7. The molecule has 0 aliphatic rings. The van der Waals surface area contributed by atoms with Crippen LogP contribution in [0.3, 0.4) is 0 Å². The SMILES string of the molecule is CCCNCC(=O)Nc1ccc(Br)nc1C. The molecule has 1 rings (SSSR count). The van der Waals surface area contributed by atoms with Crippen molar-refractivity contribution in [3.8, 4) is 0 Å². The minimum absolute atomic E-state index is 0.0410. The summed E-state index contributed by atoms with van der Waals surface area (Å²) < 4.78 is 0.770. The predicted octanol–water partition coefficient (Wildman–Crippen LogP) is 2.09. The van der Waals surface area contributed by atoms with Crippen LogP contribution in [0, 0.1) is 6.92 Å². The first-order valence-electron chi connectivity index (χ1n) is 5.27. The Bertz CT molecular complexity index is 368. The Morgan fingerprint density at radius 1 is 1.50 bits per heavy atom. The van der Waals surface area contributed by atoms with Gasteiger partial charge in [0.1, 0.15) is 4.60 Å². The quantitative estimate of drug-likeness (QED) is 0.643. The Labute approximate surface area is 104 Å². The molecular formula is C11H16BrN3O. The summed E-state index contributed by atoms with van der Waals surface area (Å²) in [5, 5.41) is 5.86. The van der Waals surface area contributed by atoms with Crippen LogP contribution >= 0.6 is 15.9 Å². The van der Waals surface area contributed by atoms with E-state index in [2.05, 4.69) is 38.5 Å². The number of aryl methyl sites for hydroxylation is 1. The normalized spacial score (nSPS) is 10.2. The smallest absolute Gasteiger partial charge is 0.238 e. The minimum atomic E-state index is -0.0410. The van der Waals surface area contributed by atoms with E-state index in [9.17, 15) is 4.79 Å². The number of hydrogen-bond acceptors (Lipinski definition) is 3. The van der Waals surface area contributed by atoms with Crippen LogP contribution in [0.15, 0.2) is 16.7 Å². The van der Waals surface area contributed by atoms with E-state index < -0.39 is 0 Å². The molecule has 16 heavy (non-hydrogen) atoms. The van der Waals surface area contributed by atoms with Crippen LogP contribution in [-0.4, -0.2) is 24.0 Å². The first-order chi connectivity index (χ1) is 7.63. The van der Waals surface area contributed by atoms with E-state index in [1.807, 2.05) is 19.1 Å². The van der Waals surface area contributed by atoms with Crippen LogP contribution in [0.5, 0.6) is 0 Å². The molecule has 0 saturated carbocycles. The molecule has 0 bridgehead atoms. The summed E-state index contributed by atoms with van der Waals surface area (Å²) in [7, 11) is 0. The van der Waals surface area contributed by atoms with Crippen LogP contribution in [-0.2, 0) is 4.79 Å². The molecule has 0 aromatic carbocycles. The third-order valence-corrected chi connectivity index (χ3v) is 2.48. The number of carbonyl (C=O) groups is 1. The second kappa shape index (κ2) is 6.60. The van der Waals surface area contributed by atoms with Crippen LogP contribution in [0.1, 0.15) is 19.0 Å². The van der Waals surface area contributed by atoms with Crippen molar-refractivity contribution in [2.75, 3.05) is 18.4 Å². The van der Waals surface area contributed by atoms with Gasteiger partial charge in [0.05, 0.1) is 17.9 Å². The maximum Gasteiger partial charge on any atom is 0.238 e. The lowest BCUT2D eigenvalue weighted by Crippen LogP contribution is -2.28. The number of pyridine rings is 1. The van der Waals surface area contributed by atoms with Crippen molar-refractivity contribution in [2.24, 2.45) is 0 Å². The number of rotatable bonds is 5. The molecule has 5 heteroatoms. The van der Waals surface area contributed by atoms with Crippen molar-refractivity contribution < 1.29 is 4.79 Å². The lowest BCUT2D eigenvalue weighted by atomic mass is 10.3. The van der Waals surface area contributed by atoms with Crippen LogP contribution < -0.4 is 10.6 Å². The number of aromatic nitrogens is 1. The third-order valence-electron chi connectivity index (χ3n) is 2.04. The first kappa shape index (κ1) is 13.1. The van der Waals surface area contributed by atoms with Crippen LogP contribution in [0.4, 0.5) is 5.69 Å². The number of halogens is 1. The fourth-order valence-corrected chi connectivity index (χ4v) is 1.63. The summed E-state index contributed by atoms with van der Waals surface area (Å²) in [5.74, 6) is -0.0410. The monoisotopic (exact) mass is 285 g/mol. The van der Waals surface area contributed by atoms with Crippen molar-refractivity contribution in [1.29, 1.82) is 0 Å². The van der Waals surface area contributed by atoms with Gasteiger partial charge in [-0.2, -0.15) is 0 Å². The summed E-state index contributed by atoms with van der Waals surface area (Å²) in [6.45, 7) is 5.11. The summed E-state index contributed by atoms with van der Waals surface area (Å²) in [6, 6.07) is 3.65. The number of hydrogen-bond donors (Lipinski definition) is 2. The van der Waals surface area contributed by atoms with Gasteiger partial charge in [0.15, 0.2) is 0 Å². The van der Waals surface area contributed by atoms with Gasteiger partial charge < -0.3 is 10.6 Å². The Hall–Kier alpha value is -0.940. The maximum atomic E-state index is 11.5. The van der Waals surface area contributed by atoms with Gasteiger partial charge in [0, 0.05) is 0 Å². The second-order valence-electron chi connectivity index (χ2n) is 3.49. The Kier molecular flexibility index (Phi) is 5.42. The summed E-state index contributed by atoms with van der Waals surface area (Å²) >= 11 is 3.28. The van der Waals surface area contributed by atoms with Crippen LogP contribution in [0.2, 0.25) is 0 Å². The Balaban J connectivity index is 2.49. The van der Waals surface area contributed by atoms with E-state index in [1.165, 1.54) is 0 Å². The zero-order chi connectivity index (χ0) is 12.0. The van der Waals surface area contributed by atoms with Crippen molar-refractivity contribution in [3.63, 3.8) is 0 Å². The van der Waals surface area contributed by atoms with Crippen molar-refractivity contribution in [1.82, 2.24) is 10.3 Å². The fraction of sp³-hybridized carbons (Fsp3) is 0.455. The van der Waals surface area contributed by atoms with Crippen molar-refractivity contribution in [2.45, 2.75) is 20.3 Å². The Morgan fingerprint density at radius 3 is 2.88 bits per heavy atom. The highest BCUT2D eigenvalue weighted by Crippen LogP contribution is 2.15. The fourth-order valence-electron chi connectivity index (χ4n) is 1.24. The zero-order valence-corrected chi connectivity index (χ0v) is 11.1. The molecule has 88 valence electrons. The molecule has 1 heterocycles. The lowest BCUT2D eigenvalue weighted by Gasteiger charge is -2.08. The molecule has 0 fully saturated rings. The number of nitrogens with one attached hydrogen (secondary N) is 2. The standard InChI is InChI=1S/C11H16BrN3O/c1-3-6-13-7-11(16)15-9-4-5-10(12)14-8(9)2/h4-5,13H,3,6-7H2,1-2H3,(H,15,16). The highest BCUT2D eigenvalue weighted by Gasteiger charge is 2.04. The minimum Gasteiger partial charge on any atom is -0.323 e. The molecule has 1 aromatic heterocycles. The largest absolute Gasteiger partial charge is 0.323 e. The van der Waals surface area contributed by atoms with E-state index in [0.29, 0.717) is 6.54 Å². The molecule has 1 amide bonds. The van der Waals surface area contributed by atoms with Gasteiger partial charge in [-0.15, -0.1) is 0 Å². The number of amides is 1. The van der Waals surface area contributed by atoms with E-state index in [1.54, 1.807) is 0 Å². The first-order valence-corrected chi connectivity index (χ1v) is 6.06. The van der Waals surface area contributed by atoms with Crippen molar-refractivity contribution >= 4 is 27.5 Å². The van der Waals surface area contributed by atoms with E-state index in [-0.39, 0.29) is 5.91 Å². The molecule has 2 N–H and O–H groups in total. The maximum absolute atomic E-state index is 11.5.